The van der Waals surface area contributed by atoms with E-state index in [1.165, 1.54) is 28.7 Å². The number of aromatic nitrogens is 4. The van der Waals surface area contributed by atoms with Gasteiger partial charge in [-0.3, -0.25) is 4.79 Å². The van der Waals surface area contributed by atoms with Gasteiger partial charge in [-0.05, 0) is 39.8 Å². The second-order valence-corrected chi connectivity index (χ2v) is 8.93. The summed E-state index contributed by atoms with van der Waals surface area (Å²) in [6.07, 6.45) is 1.68. The summed E-state index contributed by atoms with van der Waals surface area (Å²) < 4.78 is 2.52. The van der Waals surface area contributed by atoms with Crippen LogP contribution in [0, 0.1) is 6.92 Å². The van der Waals surface area contributed by atoms with Crippen LogP contribution in [0.5, 0.6) is 0 Å². The standard InChI is InChI=1S/C18H22N6OS2/c1-11(2)24-15(9-10-19-24)21-16(25)13(4)26-18-23-22-17(27-18)20-14-7-5-12(3)6-8-14/h5-11,13H,1-4H3,(H,20,22)(H,21,25)/t13-/m0/s1. The highest BCUT2D eigenvalue weighted by Crippen LogP contribution is 2.31. The van der Waals surface area contributed by atoms with E-state index >= 15 is 0 Å². The SMILES string of the molecule is Cc1ccc(Nc2nnc(S[C@@H](C)C(=O)Nc3ccnn3C(C)C)s2)cc1. The molecule has 27 heavy (non-hydrogen) atoms. The Balaban J connectivity index is 1.58. The molecule has 9 heteroatoms. The predicted molar refractivity (Wildman–Crippen MR) is 111 cm³/mol. The van der Waals surface area contributed by atoms with Gasteiger partial charge in [-0.15, -0.1) is 10.2 Å². The molecule has 1 aromatic carbocycles. The number of carbonyl (C=O) groups excluding carboxylic acids is 1. The van der Waals surface area contributed by atoms with Crippen LogP contribution in [0.3, 0.4) is 0 Å². The van der Waals surface area contributed by atoms with Crippen LogP contribution in [0.2, 0.25) is 0 Å². The highest BCUT2D eigenvalue weighted by Gasteiger charge is 2.19. The van der Waals surface area contributed by atoms with E-state index in [2.05, 4.69) is 25.9 Å². The number of rotatable bonds is 7. The lowest BCUT2D eigenvalue weighted by Crippen LogP contribution is -2.24. The van der Waals surface area contributed by atoms with Crippen LogP contribution in [-0.4, -0.2) is 31.1 Å². The maximum Gasteiger partial charge on any atom is 0.238 e. The fourth-order valence-electron chi connectivity index (χ4n) is 2.33. The minimum absolute atomic E-state index is 0.0920. The van der Waals surface area contributed by atoms with E-state index in [0.717, 1.165) is 10.0 Å². The van der Waals surface area contributed by atoms with Crippen LogP contribution in [0.4, 0.5) is 16.6 Å². The molecule has 142 valence electrons. The van der Waals surface area contributed by atoms with Crippen molar-refractivity contribution in [3.05, 3.63) is 42.1 Å². The fourth-order valence-corrected chi connectivity index (χ4v) is 4.24. The van der Waals surface area contributed by atoms with Crippen LogP contribution >= 0.6 is 23.1 Å². The predicted octanol–water partition coefficient (Wildman–Crippen LogP) is 4.49. The molecule has 0 saturated heterocycles. The van der Waals surface area contributed by atoms with Gasteiger partial charge < -0.3 is 10.6 Å². The van der Waals surface area contributed by atoms with Crippen LogP contribution in [0.15, 0.2) is 40.9 Å². The minimum atomic E-state index is -0.305. The summed E-state index contributed by atoms with van der Waals surface area (Å²) in [5.74, 6) is 0.604. The third-order valence-electron chi connectivity index (χ3n) is 3.77. The molecule has 0 saturated carbocycles. The number of anilines is 3. The third kappa shape index (κ3) is 5.08. The summed E-state index contributed by atoms with van der Waals surface area (Å²) >= 11 is 2.81. The zero-order chi connectivity index (χ0) is 19.4. The molecule has 0 aliphatic rings. The van der Waals surface area contributed by atoms with E-state index in [4.69, 9.17) is 0 Å². The molecule has 3 aromatic rings. The van der Waals surface area contributed by atoms with Crippen LogP contribution in [-0.2, 0) is 4.79 Å². The number of hydrogen-bond donors (Lipinski definition) is 2. The van der Waals surface area contributed by atoms with Gasteiger partial charge in [-0.1, -0.05) is 40.8 Å². The van der Waals surface area contributed by atoms with Gasteiger partial charge in [-0.2, -0.15) is 5.10 Å². The largest absolute Gasteiger partial charge is 0.330 e. The number of carbonyl (C=O) groups is 1. The van der Waals surface area contributed by atoms with Crippen molar-refractivity contribution >= 4 is 45.6 Å². The van der Waals surface area contributed by atoms with Crippen molar-refractivity contribution in [1.29, 1.82) is 0 Å². The molecule has 7 nitrogen and oxygen atoms in total. The number of hydrogen-bond acceptors (Lipinski definition) is 7. The zero-order valence-electron chi connectivity index (χ0n) is 15.6. The van der Waals surface area contributed by atoms with Crippen molar-refractivity contribution in [2.75, 3.05) is 10.6 Å². The van der Waals surface area contributed by atoms with Crippen molar-refractivity contribution in [2.45, 2.75) is 43.3 Å². The summed E-state index contributed by atoms with van der Waals surface area (Å²) in [6, 6.07) is 10.0. The van der Waals surface area contributed by atoms with Crippen LogP contribution in [0.1, 0.15) is 32.4 Å². The summed E-state index contributed by atoms with van der Waals surface area (Å²) in [5, 5.41) is 19.1. The molecule has 2 aromatic heterocycles. The normalized spacial score (nSPS) is 12.2. The number of aryl methyl sites for hydroxylation is 1. The van der Waals surface area contributed by atoms with E-state index in [1.54, 1.807) is 16.9 Å². The lowest BCUT2D eigenvalue weighted by atomic mass is 10.2. The molecular weight excluding hydrogens is 380 g/mol. The van der Waals surface area contributed by atoms with Crippen molar-refractivity contribution < 1.29 is 4.79 Å². The lowest BCUT2D eigenvalue weighted by Gasteiger charge is -2.14. The summed E-state index contributed by atoms with van der Waals surface area (Å²) in [7, 11) is 0. The Labute approximate surface area is 166 Å². The maximum atomic E-state index is 12.5. The smallest absolute Gasteiger partial charge is 0.238 e. The Bertz CT molecular complexity index is 903. The monoisotopic (exact) mass is 402 g/mol. The molecule has 0 bridgehead atoms. The van der Waals surface area contributed by atoms with Crippen molar-refractivity contribution in [3.63, 3.8) is 0 Å². The summed E-state index contributed by atoms with van der Waals surface area (Å²) in [6.45, 7) is 7.93. The van der Waals surface area contributed by atoms with Gasteiger partial charge >= 0.3 is 0 Å². The molecular formula is C18H22N6OS2. The number of nitrogens with zero attached hydrogens (tertiary/aromatic N) is 4. The van der Waals surface area contributed by atoms with Gasteiger partial charge in [0.1, 0.15) is 5.82 Å². The third-order valence-corrected chi connectivity index (χ3v) is 5.79. The lowest BCUT2D eigenvalue weighted by molar-refractivity contribution is -0.115. The second kappa shape index (κ2) is 8.53. The number of amides is 1. The van der Waals surface area contributed by atoms with Crippen molar-refractivity contribution in [2.24, 2.45) is 0 Å². The zero-order valence-corrected chi connectivity index (χ0v) is 17.3. The van der Waals surface area contributed by atoms with Gasteiger partial charge in [0.15, 0.2) is 4.34 Å². The van der Waals surface area contributed by atoms with Gasteiger partial charge in [0, 0.05) is 17.8 Å². The molecule has 0 spiro atoms. The molecule has 1 amide bonds. The van der Waals surface area contributed by atoms with Gasteiger partial charge in [0.05, 0.1) is 11.4 Å². The highest BCUT2D eigenvalue weighted by atomic mass is 32.2. The minimum Gasteiger partial charge on any atom is -0.330 e. The Hall–Kier alpha value is -2.39. The summed E-state index contributed by atoms with van der Waals surface area (Å²) in [5.41, 5.74) is 2.16. The molecule has 0 fully saturated rings. The second-order valence-electron chi connectivity index (χ2n) is 6.37. The molecule has 0 aliphatic carbocycles. The first kappa shape index (κ1) is 19.4. The molecule has 0 unspecified atom stereocenters. The van der Waals surface area contributed by atoms with E-state index in [9.17, 15) is 4.79 Å². The highest BCUT2D eigenvalue weighted by molar-refractivity contribution is 8.02. The topological polar surface area (TPSA) is 84.7 Å². The Morgan fingerprint density at radius 2 is 1.89 bits per heavy atom. The Morgan fingerprint density at radius 1 is 1.15 bits per heavy atom. The van der Waals surface area contributed by atoms with Gasteiger partial charge in [-0.25, -0.2) is 4.68 Å². The van der Waals surface area contributed by atoms with Crippen LogP contribution in [0.25, 0.3) is 0 Å². The number of benzene rings is 1. The molecule has 2 heterocycles. The van der Waals surface area contributed by atoms with Crippen LogP contribution < -0.4 is 10.6 Å². The molecule has 1 atom stereocenters. The molecule has 0 aliphatic heterocycles. The van der Waals surface area contributed by atoms with E-state index < -0.39 is 0 Å². The van der Waals surface area contributed by atoms with E-state index in [0.29, 0.717) is 10.9 Å². The maximum absolute atomic E-state index is 12.5. The first-order valence-corrected chi connectivity index (χ1v) is 10.3. The number of nitrogens with one attached hydrogen (secondary N) is 2. The van der Waals surface area contributed by atoms with Gasteiger partial charge in [0.2, 0.25) is 11.0 Å². The van der Waals surface area contributed by atoms with E-state index in [1.807, 2.05) is 52.0 Å². The molecule has 0 radical (unpaired) electrons. The Kier molecular flexibility index (Phi) is 6.12. The summed E-state index contributed by atoms with van der Waals surface area (Å²) in [4.78, 5) is 12.5. The van der Waals surface area contributed by atoms with Crippen molar-refractivity contribution in [3.8, 4) is 0 Å². The van der Waals surface area contributed by atoms with Crippen molar-refractivity contribution in [1.82, 2.24) is 20.0 Å². The average Bonchev–Trinajstić information content (AvgIpc) is 3.26. The fraction of sp³-hybridized carbons (Fsp3) is 0.333. The number of thioether (sulfide) groups is 1. The first-order valence-electron chi connectivity index (χ1n) is 8.60. The van der Waals surface area contributed by atoms with Gasteiger partial charge in [0.25, 0.3) is 0 Å². The Morgan fingerprint density at radius 3 is 2.59 bits per heavy atom. The average molecular weight is 403 g/mol. The molecule has 2 N–H and O–H groups in total. The first-order chi connectivity index (χ1) is 12.9. The van der Waals surface area contributed by atoms with E-state index in [-0.39, 0.29) is 17.2 Å². The molecule has 3 rings (SSSR count). The quantitative estimate of drug-likeness (QED) is 0.567.